The first-order valence-corrected chi connectivity index (χ1v) is 13.3. The topological polar surface area (TPSA) is 141 Å². The second-order valence-electron chi connectivity index (χ2n) is 12.2. The molecule has 0 spiro atoms. The van der Waals surface area contributed by atoms with Gasteiger partial charge in [-0.1, -0.05) is 45.9 Å². The zero-order valence-electron chi connectivity index (χ0n) is 23.5. The first-order chi connectivity index (χ1) is 18.6. The number of phenols is 1. The molecule has 1 unspecified atom stereocenters. The van der Waals surface area contributed by atoms with Gasteiger partial charge >= 0.3 is 0 Å². The Kier molecular flexibility index (Phi) is 6.08. The van der Waals surface area contributed by atoms with E-state index in [1.165, 1.54) is 6.07 Å². The summed E-state index contributed by atoms with van der Waals surface area (Å²) in [6.07, 6.45) is 0.251. The molecule has 0 aromatic heterocycles. The number of hydrogen-bond donors (Lipinski definition) is 4. The van der Waals surface area contributed by atoms with Gasteiger partial charge in [-0.15, -0.1) is 0 Å². The first-order valence-electron chi connectivity index (χ1n) is 13.3. The summed E-state index contributed by atoms with van der Waals surface area (Å²) in [6, 6.07) is 10.4. The van der Waals surface area contributed by atoms with Crippen LogP contribution in [0, 0.1) is 22.7 Å². The number of aliphatic hydroxyl groups is 3. The van der Waals surface area contributed by atoms with E-state index in [0.29, 0.717) is 11.3 Å². The number of methoxy groups -OCH3 is 1. The molecule has 0 amide bonds. The average Bonchev–Trinajstić information content (AvgIpc) is 2.86. The van der Waals surface area contributed by atoms with Crippen LogP contribution < -0.4 is 4.74 Å². The average molecular weight is 547 g/mol. The molecule has 3 aliphatic carbocycles. The lowest BCUT2D eigenvalue weighted by Crippen LogP contribution is -2.67. The zero-order chi connectivity index (χ0) is 29.5. The van der Waals surface area contributed by atoms with Crippen molar-refractivity contribution in [3.8, 4) is 22.6 Å². The molecule has 8 heteroatoms. The number of aliphatic hydroxyl groups excluding tert-OH is 2. The lowest BCUT2D eigenvalue weighted by atomic mass is 9.44. The maximum atomic E-state index is 14.1. The quantitative estimate of drug-likeness (QED) is 0.392. The molecule has 3 aliphatic rings. The summed E-state index contributed by atoms with van der Waals surface area (Å²) in [6.45, 7) is 8.13. The molecule has 0 saturated carbocycles. The normalized spacial score (nSPS) is 29.8. The Morgan fingerprint density at radius 2 is 1.65 bits per heavy atom. The molecular formula is C32H34O8. The molecule has 210 valence electrons. The minimum absolute atomic E-state index is 0.00612. The number of fused-ring (bicyclic) bond motifs is 3. The van der Waals surface area contributed by atoms with E-state index in [1.54, 1.807) is 53.0 Å². The number of Topliss-reactive ketones (excluding diaryl/α,β-unsaturated/α-hetero) is 3. The highest BCUT2D eigenvalue weighted by Crippen LogP contribution is 2.65. The fourth-order valence-electron chi connectivity index (χ4n) is 7.77. The smallest absolute Gasteiger partial charge is 0.209 e. The molecule has 0 saturated heterocycles. The third-order valence-electron chi connectivity index (χ3n) is 9.29. The molecule has 0 aliphatic heterocycles. The van der Waals surface area contributed by atoms with E-state index in [1.807, 2.05) is 12.1 Å². The molecule has 2 aromatic rings. The number of ether oxygens (including phenoxy) is 1. The number of allylic oxidation sites excluding steroid dienone is 2. The summed E-state index contributed by atoms with van der Waals surface area (Å²) in [5.41, 5.74) is -3.81. The predicted molar refractivity (Wildman–Crippen MR) is 147 cm³/mol. The second-order valence-corrected chi connectivity index (χ2v) is 12.2. The summed E-state index contributed by atoms with van der Waals surface area (Å²) >= 11 is 0. The van der Waals surface area contributed by atoms with Crippen molar-refractivity contribution >= 4 is 17.3 Å². The fourth-order valence-corrected chi connectivity index (χ4v) is 7.77. The Morgan fingerprint density at radius 1 is 1.02 bits per heavy atom. The van der Waals surface area contributed by atoms with Crippen molar-refractivity contribution in [2.45, 2.75) is 53.1 Å². The van der Waals surface area contributed by atoms with Crippen LogP contribution in [0.5, 0.6) is 11.5 Å². The van der Waals surface area contributed by atoms with Gasteiger partial charge in [0.25, 0.3) is 0 Å². The Hall–Kier alpha value is -3.91. The van der Waals surface area contributed by atoms with Crippen molar-refractivity contribution in [2.75, 3.05) is 7.11 Å². The Labute approximate surface area is 232 Å². The minimum Gasteiger partial charge on any atom is -0.511 e. The Morgan fingerprint density at radius 3 is 2.20 bits per heavy atom. The third kappa shape index (κ3) is 3.38. The summed E-state index contributed by atoms with van der Waals surface area (Å²) in [7, 11) is 1.56. The van der Waals surface area contributed by atoms with Crippen LogP contribution in [0.3, 0.4) is 0 Å². The molecular weight excluding hydrogens is 512 g/mol. The molecule has 0 heterocycles. The largest absolute Gasteiger partial charge is 0.511 e. The monoisotopic (exact) mass is 546 g/mol. The number of aromatic hydroxyl groups is 1. The molecule has 0 bridgehead atoms. The van der Waals surface area contributed by atoms with E-state index in [2.05, 4.69) is 0 Å². The van der Waals surface area contributed by atoms with Crippen LogP contribution in [-0.4, -0.2) is 50.5 Å². The van der Waals surface area contributed by atoms with Crippen LogP contribution in [0.1, 0.15) is 57.0 Å². The number of benzene rings is 2. The minimum atomic E-state index is -2.62. The maximum absolute atomic E-state index is 14.1. The molecule has 4 N–H and O–H groups in total. The third-order valence-corrected chi connectivity index (χ3v) is 9.29. The van der Waals surface area contributed by atoms with Crippen molar-refractivity contribution < 1.29 is 39.5 Å². The highest BCUT2D eigenvalue weighted by Gasteiger charge is 2.71. The standard InChI is InChI=1S/C32H34O8/c1-15(2)24-26(35)22(16(3)33)28(37)32(39)29(38)25-27(36)23-20(13-30(25,4)14-31(24,32)5)19(11-12-21(23)34)17-7-9-18(40-6)10-8-17/h7-12,15,24,34-35,38-39H,13-14H2,1-6H3/t24?,30-,31-,32+/m1/s1. The van der Waals surface area contributed by atoms with Crippen molar-refractivity contribution in [3.63, 3.8) is 0 Å². The second kappa shape index (κ2) is 8.80. The highest BCUT2D eigenvalue weighted by molar-refractivity contribution is 6.25. The predicted octanol–water partition coefficient (Wildman–Crippen LogP) is 5.02. The van der Waals surface area contributed by atoms with E-state index in [-0.39, 0.29) is 35.6 Å². The van der Waals surface area contributed by atoms with Gasteiger partial charge in [0.1, 0.15) is 28.6 Å². The lowest BCUT2D eigenvalue weighted by molar-refractivity contribution is -0.171. The van der Waals surface area contributed by atoms with E-state index in [0.717, 1.165) is 18.1 Å². The van der Waals surface area contributed by atoms with Gasteiger partial charge < -0.3 is 25.2 Å². The summed E-state index contributed by atoms with van der Waals surface area (Å²) in [4.78, 5) is 40.4. The van der Waals surface area contributed by atoms with Crippen LogP contribution in [0.25, 0.3) is 11.1 Å². The molecule has 4 atom stereocenters. The van der Waals surface area contributed by atoms with Gasteiger partial charge in [0.15, 0.2) is 17.2 Å². The van der Waals surface area contributed by atoms with Crippen molar-refractivity contribution in [1.82, 2.24) is 0 Å². The number of carbonyl (C=O) groups excluding carboxylic acids is 3. The fraction of sp³-hybridized carbons (Fsp3) is 0.406. The van der Waals surface area contributed by atoms with Gasteiger partial charge in [-0.2, -0.15) is 0 Å². The Balaban J connectivity index is 1.79. The highest BCUT2D eigenvalue weighted by atomic mass is 16.5. The van der Waals surface area contributed by atoms with Crippen LogP contribution >= 0.6 is 0 Å². The van der Waals surface area contributed by atoms with Gasteiger partial charge in [-0.3, -0.25) is 14.4 Å². The van der Waals surface area contributed by atoms with Gasteiger partial charge in [0.2, 0.25) is 5.78 Å². The van der Waals surface area contributed by atoms with Crippen LogP contribution in [0.4, 0.5) is 0 Å². The zero-order valence-corrected chi connectivity index (χ0v) is 23.5. The molecule has 40 heavy (non-hydrogen) atoms. The van der Waals surface area contributed by atoms with Gasteiger partial charge in [0, 0.05) is 22.3 Å². The Bertz CT molecular complexity index is 1550. The van der Waals surface area contributed by atoms with Crippen molar-refractivity contribution in [1.29, 1.82) is 0 Å². The summed E-state index contributed by atoms with van der Waals surface area (Å²) in [5.74, 6) is -4.60. The molecule has 2 aromatic carbocycles. The van der Waals surface area contributed by atoms with E-state index in [4.69, 9.17) is 4.74 Å². The first kappa shape index (κ1) is 27.6. The van der Waals surface area contributed by atoms with Crippen molar-refractivity contribution in [3.05, 3.63) is 70.2 Å². The number of phenolic OH excluding ortho intramolecular Hbond substituents is 1. The molecule has 8 nitrogen and oxygen atoms in total. The SMILES string of the molecule is COc1ccc(-c2ccc(O)c3c2C[C@]2(C)C[C@]4(C)C(C(C)C)C(O)=C(C(C)=O)C(=O)[C@]4(O)C(O)=C2C3=O)cc1. The molecule has 0 fully saturated rings. The van der Waals surface area contributed by atoms with E-state index in [9.17, 15) is 34.8 Å². The van der Waals surface area contributed by atoms with E-state index >= 15 is 0 Å². The molecule has 5 rings (SSSR count). The summed E-state index contributed by atoms with van der Waals surface area (Å²) < 4.78 is 5.27. The molecule has 0 radical (unpaired) electrons. The number of carbonyl (C=O) groups is 3. The number of ketones is 3. The van der Waals surface area contributed by atoms with Crippen LogP contribution in [0.2, 0.25) is 0 Å². The number of rotatable bonds is 4. The van der Waals surface area contributed by atoms with Crippen LogP contribution in [-0.2, 0) is 16.0 Å². The summed E-state index contributed by atoms with van der Waals surface area (Å²) in [5, 5.41) is 46.0. The van der Waals surface area contributed by atoms with Crippen LogP contribution in [0.15, 0.2) is 59.1 Å². The van der Waals surface area contributed by atoms with E-state index < -0.39 is 56.8 Å². The van der Waals surface area contributed by atoms with Gasteiger partial charge in [0.05, 0.1) is 12.7 Å². The van der Waals surface area contributed by atoms with Crippen molar-refractivity contribution in [2.24, 2.45) is 22.7 Å². The lowest BCUT2D eigenvalue weighted by Gasteiger charge is -2.59. The van der Waals surface area contributed by atoms with Gasteiger partial charge in [-0.05, 0) is 60.6 Å². The maximum Gasteiger partial charge on any atom is 0.209 e. The van der Waals surface area contributed by atoms with Gasteiger partial charge in [-0.25, -0.2) is 0 Å². The number of hydrogen-bond acceptors (Lipinski definition) is 8.